The van der Waals surface area contributed by atoms with Crippen molar-refractivity contribution in [1.82, 2.24) is 19.2 Å². The summed E-state index contributed by atoms with van der Waals surface area (Å²) < 4.78 is 8.95. The number of piperidine rings is 1. The van der Waals surface area contributed by atoms with Gasteiger partial charge in [-0.25, -0.2) is 4.79 Å². The van der Waals surface area contributed by atoms with E-state index >= 15 is 0 Å². The number of oxazole rings is 1. The van der Waals surface area contributed by atoms with E-state index in [9.17, 15) is 4.79 Å². The summed E-state index contributed by atoms with van der Waals surface area (Å²) in [4.78, 5) is 14.7. The number of aryl methyl sites for hydroxylation is 1. The molecule has 2 aromatic heterocycles. The van der Waals surface area contributed by atoms with E-state index in [0.29, 0.717) is 10.6 Å². The van der Waals surface area contributed by atoms with Crippen LogP contribution in [-0.2, 0) is 13.6 Å². The molecule has 0 spiro atoms. The molecule has 1 aliphatic rings. The molecule has 1 aromatic carbocycles. The van der Waals surface area contributed by atoms with Gasteiger partial charge in [-0.3, -0.25) is 14.1 Å². The van der Waals surface area contributed by atoms with Crippen molar-refractivity contribution >= 4 is 22.7 Å². The fraction of sp³-hybridized carbons (Fsp3) is 0.412. The van der Waals surface area contributed by atoms with Gasteiger partial charge in [0.2, 0.25) is 0 Å². The van der Waals surface area contributed by atoms with Gasteiger partial charge >= 0.3 is 5.76 Å². The van der Waals surface area contributed by atoms with Crippen molar-refractivity contribution in [2.75, 3.05) is 13.1 Å². The minimum atomic E-state index is -0.305. The maximum atomic E-state index is 12.3. The van der Waals surface area contributed by atoms with Crippen LogP contribution in [0.15, 0.2) is 39.8 Å². The number of rotatable bonds is 3. The molecule has 1 unspecified atom stereocenters. The summed E-state index contributed by atoms with van der Waals surface area (Å²) >= 11 is 6.10. The average molecular weight is 347 g/mol. The van der Waals surface area contributed by atoms with Crippen molar-refractivity contribution in [3.05, 3.63) is 51.7 Å². The van der Waals surface area contributed by atoms with Crippen LogP contribution in [0.2, 0.25) is 5.02 Å². The Morgan fingerprint density at radius 1 is 1.42 bits per heavy atom. The second kappa shape index (κ2) is 6.11. The molecule has 24 heavy (non-hydrogen) atoms. The standard InChI is InChI=1S/C17H19ClN4O2/c1-20-9-12(8-19-20)10-21-6-2-3-14(11-21)22-15-7-13(18)4-5-16(15)24-17(22)23/h4-5,7-9,14H,2-3,6,10-11H2,1H3. The predicted octanol–water partition coefficient (Wildman–Crippen LogP) is 2.82. The Morgan fingerprint density at radius 3 is 3.08 bits per heavy atom. The van der Waals surface area contributed by atoms with Crippen LogP contribution in [0.4, 0.5) is 0 Å². The Kier molecular flexibility index (Phi) is 3.94. The monoisotopic (exact) mass is 346 g/mol. The second-order valence-electron chi connectivity index (χ2n) is 6.40. The molecule has 0 amide bonds. The zero-order valence-corrected chi connectivity index (χ0v) is 14.2. The molecule has 1 atom stereocenters. The van der Waals surface area contributed by atoms with Gasteiger partial charge in [-0.2, -0.15) is 5.10 Å². The second-order valence-corrected chi connectivity index (χ2v) is 6.84. The van der Waals surface area contributed by atoms with Crippen LogP contribution >= 0.6 is 11.6 Å². The van der Waals surface area contributed by atoms with Crippen LogP contribution in [0.5, 0.6) is 0 Å². The first-order chi connectivity index (χ1) is 11.6. The fourth-order valence-electron chi connectivity index (χ4n) is 3.55. The van der Waals surface area contributed by atoms with Gasteiger partial charge in [-0.15, -0.1) is 0 Å². The van der Waals surface area contributed by atoms with Crippen molar-refractivity contribution in [1.29, 1.82) is 0 Å². The summed E-state index contributed by atoms with van der Waals surface area (Å²) in [6.45, 7) is 2.68. The van der Waals surface area contributed by atoms with E-state index in [1.165, 1.54) is 5.56 Å². The fourth-order valence-corrected chi connectivity index (χ4v) is 3.72. The van der Waals surface area contributed by atoms with Gasteiger partial charge in [-0.05, 0) is 37.6 Å². The number of benzene rings is 1. The number of hydrogen-bond acceptors (Lipinski definition) is 4. The molecule has 3 heterocycles. The van der Waals surface area contributed by atoms with Gasteiger partial charge in [0.15, 0.2) is 5.58 Å². The number of likely N-dealkylation sites (tertiary alicyclic amines) is 1. The Bertz CT molecular complexity index is 926. The summed E-state index contributed by atoms with van der Waals surface area (Å²) in [6.07, 6.45) is 5.93. The van der Waals surface area contributed by atoms with Crippen molar-refractivity contribution in [2.45, 2.75) is 25.4 Å². The van der Waals surface area contributed by atoms with Crippen molar-refractivity contribution in [3.63, 3.8) is 0 Å². The maximum absolute atomic E-state index is 12.3. The summed E-state index contributed by atoms with van der Waals surface area (Å²) in [6, 6.07) is 5.41. The first-order valence-corrected chi connectivity index (χ1v) is 8.48. The topological polar surface area (TPSA) is 56.2 Å². The summed E-state index contributed by atoms with van der Waals surface area (Å²) in [7, 11) is 1.92. The van der Waals surface area contributed by atoms with Gasteiger partial charge in [0, 0.05) is 36.9 Å². The highest BCUT2D eigenvalue weighted by molar-refractivity contribution is 6.31. The lowest BCUT2D eigenvalue weighted by Crippen LogP contribution is -2.38. The van der Waals surface area contributed by atoms with Crippen LogP contribution in [0.1, 0.15) is 24.4 Å². The maximum Gasteiger partial charge on any atom is 0.420 e. The lowest BCUT2D eigenvalue weighted by Gasteiger charge is -2.32. The van der Waals surface area contributed by atoms with E-state index in [2.05, 4.69) is 10.00 Å². The third-order valence-electron chi connectivity index (χ3n) is 4.58. The molecular weight excluding hydrogens is 328 g/mol. The molecule has 3 aromatic rings. The van der Waals surface area contributed by atoms with Crippen LogP contribution in [-0.4, -0.2) is 32.3 Å². The molecule has 0 aliphatic carbocycles. The van der Waals surface area contributed by atoms with E-state index in [1.54, 1.807) is 16.7 Å². The molecule has 4 rings (SSSR count). The number of aromatic nitrogens is 3. The van der Waals surface area contributed by atoms with E-state index in [1.807, 2.05) is 30.2 Å². The minimum absolute atomic E-state index is 0.0997. The first kappa shape index (κ1) is 15.5. The van der Waals surface area contributed by atoms with Crippen LogP contribution in [0, 0.1) is 0 Å². The molecular formula is C17H19ClN4O2. The van der Waals surface area contributed by atoms with Gasteiger partial charge in [0.25, 0.3) is 0 Å². The SMILES string of the molecule is Cn1cc(CN2CCCC(n3c(=O)oc4ccc(Cl)cc43)C2)cn1. The van der Waals surface area contributed by atoms with E-state index < -0.39 is 0 Å². The van der Waals surface area contributed by atoms with Crippen molar-refractivity contribution < 1.29 is 4.42 Å². The molecule has 0 radical (unpaired) electrons. The molecule has 6 nitrogen and oxygen atoms in total. The Balaban J connectivity index is 1.61. The number of halogens is 1. The van der Waals surface area contributed by atoms with Crippen molar-refractivity contribution in [3.8, 4) is 0 Å². The Morgan fingerprint density at radius 2 is 2.29 bits per heavy atom. The Labute approximate surface area is 144 Å². The summed E-state index contributed by atoms with van der Waals surface area (Å²) in [5.41, 5.74) is 2.56. The van der Waals surface area contributed by atoms with Gasteiger partial charge in [-0.1, -0.05) is 11.6 Å². The van der Waals surface area contributed by atoms with E-state index in [-0.39, 0.29) is 11.8 Å². The first-order valence-electron chi connectivity index (χ1n) is 8.10. The molecule has 7 heteroatoms. The molecule has 1 fully saturated rings. The summed E-state index contributed by atoms with van der Waals surface area (Å²) in [5, 5.41) is 4.83. The molecule has 0 N–H and O–H groups in total. The molecule has 126 valence electrons. The minimum Gasteiger partial charge on any atom is -0.408 e. The van der Waals surface area contributed by atoms with E-state index in [0.717, 1.165) is 38.0 Å². The van der Waals surface area contributed by atoms with Crippen molar-refractivity contribution in [2.24, 2.45) is 7.05 Å². The molecule has 1 aliphatic heterocycles. The van der Waals surface area contributed by atoms with E-state index in [4.69, 9.17) is 16.0 Å². The Hall–Kier alpha value is -2.05. The quantitative estimate of drug-likeness (QED) is 0.731. The zero-order chi connectivity index (χ0) is 16.7. The predicted molar refractivity (Wildman–Crippen MR) is 92.2 cm³/mol. The number of hydrogen-bond donors (Lipinski definition) is 0. The lowest BCUT2D eigenvalue weighted by molar-refractivity contribution is 0.168. The lowest BCUT2D eigenvalue weighted by atomic mass is 10.0. The highest BCUT2D eigenvalue weighted by Crippen LogP contribution is 2.27. The highest BCUT2D eigenvalue weighted by Gasteiger charge is 2.25. The normalized spacial score (nSPS) is 19.2. The highest BCUT2D eigenvalue weighted by atomic mass is 35.5. The zero-order valence-electron chi connectivity index (χ0n) is 13.5. The number of fused-ring (bicyclic) bond motifs is 1. The number of nitrogens with zero attached hydrogens (tertiary/aromatic N) is 4. The average Bonchev–Trinajstić information content (AvgIpc) is 3.09. The molecule has 0 saturated carbocycles. The molecule has 1 saturated heterocycles. The summed E-state index contributed by atoms with van der Waals surface area (Å²) in [5.74, 6) is -0.305. The van der Waals surface area contributed by atoms with Gasteiger partial charge < -0.3 is 4.42 Å². The largest absolute Gasteiger partial charge is 0.420 e. The smallest absolute Gasteiger partial charge is 0.408 e. The third kappa shape index (κ3) is 2.87. The van der Waals surface area contributed by atoms with Crippen LogP contribution in [0.25, 0.3) is 11.1 Å². The molecule has 0 bridgehead atoms. The third-order valence-corrected chi connectivity index (χ3v) is 4.82. The van der Waals surface area contributed by atoms with Crippen LogP contribution < -0.4 is 5.76 Å². The van der Waals surface area contributed by atoms with Crippen LogP contribution in [0.3, 0.4) is 0 Å². The van der Waals surface area contributed by atoms with Gasteiger partial charge in [0.05, 0.1) is 17.8 Å². The van der Waals surface area contributed by atoms with Gasteiger partial charge in [0.1, 0.15) is 0 Å².